The molecule has 2 unspecified atom stereocenters. The number of carbonyl (C=O) groups is 1. The van der Waals surface area contributed by atoms with Crippen LogP contribution in [0.1, 0.15) is 16.7 Å². The minimum absolute atomic E-state index is 0.197. The van der Waals surface area contributed by atoms with E-state index in [1.165, 1.54) is 0 Å². The predicted molar refractivity (Wildman–Crippen MR) is 128 cm³/mol. The van der Waals surface area contributed by atoms with Gasteiger partial charge < -0.3 is 5.32 Å². The lowest BCUT2D eigenvalue weighted by atomic mass is 9.59. The monoisotopic (exact) mass is 453 g/mol. The van der Waals surface area contributed by atoms with Gasteiger partial charge in [0.15, 0.2) is 9.84 Å². The zero-order valence-electron chi connectivity index (χ0n) is 17.8. The second-order valence-electron chi connectivity index (χ2n) is 8.17. The first kappa shape index (κ1) is 21.2. The summed E-state index contributed by atoms with van der Waals surface area (Å²) in [6.45, 7) is 0. The van der Waals surface area contributed by atoms with Crippen LogP contribution in [0.25, 0.3) is 0 Å². The van der Waals surface area contributed by atoms with Crippen LogP contribution in [-0.2, 0) is 20.0 Å². The fourth-order valence-corrected chi connectivity index (χ4v) is 6.72. The summed E-state index contributed by atoms with van der Waals surface area (Å²) in [6, 6.07) is 37.4. The number of sulfone groups is 1. The molecule has 4 nitrogen and oxygen atoms in total. The van der Waals surface area contributed by atoms with Crippen molar-refractivity contribution >= 4 is 15.7 Å². The largest absolute Gasteiger partial charge is 0.338 e. The molecule has 0 bridgehead atoms. The molecule has 1 amide bonds. The van der Waals surface area contributed by atoms with Gasteiger partial charge in [0.2, 0.25) is 5.91 Å². The highest BCUT2D eigenvalue weighted by atomic mass is 32.2. The standard InChI is InChI=1S/C28H23NO3S/c30-26-25(27(29-26)33(31,32)24-19-11-4-12-20-24)28(21-13-5-1-6-14-21,22-15-7-2-8-16-22)23-17-9-3-10-18-23/h1-20,25,27H,(H,29,30). The van der Waals surface area contributed by atoms with Crippen LogP contribution in [0.4, 0.5) is 0 Å². The van der Waals surface area contributed by atoms with Gasteiger partial charge in [-0.1, -0.05) is 109 Å². The van der Waals surface area contributed by atoms with Crippen molar-refractivity contribution in [3.63, 3.8) is 0 Å². The lowest BCUT2D eigenvalue weighted by Gasteiger charge is -2.50. The molecule has 164 valence electrons. The van der Waals surface area contributed by atoms with Gasteiger partial charge in [-0.2, -0.15) is 0 Å². The summed E-state index contributed by atoms with van der Waals surface area (Å²) in [5.74, 6) is -1.13. The van der Waals surface area contributed by atoms with Gasteiger partial charge in [0.05, 0.1) is 16.2 Å². The summed E-state index contributed by atoms with van der Waals surface area (Å²) >= 11 is 0. The molecule has 1 saturated heterocycles. The van der Waals surface area contributed by atoms with E-state index >= 15 is 0 Å². The third kappa shape index (κ3) is 3.36. The summed E-state index contributed by atoms with van der Waals surface area (Å²) < 4.78 is 27.4. The Morgan fingerprint density at radius 2 is 0.939 bits per heavy atom. The number of benzene rings is 4. The quantitative estimate of drug-likeness (QED) is 0.344. The van der Waals surface area contributed by atoms with Crippen LogP contribution in [0.15, 0.2) is 126 Å². The molecule has 4 aromatic rings. The van der Waals surface area contributed by atoms with E-state index in [1.807, 2.05) is 91.0 Å². The van der Waals surface area contributed by atoms with Crippen molar-refractivity contribution in [3.8, 4) is 0 Å². The summed E-state index contributed by atoms with van der Waals surface area (Å²) in [7, 11) is -3.82. The Bertz CT molecular complexity index is 1260. The molecule has 5 rings (SSSR count). The number of rotatable bonds is 6. The molecule has 0 radical (unpaired) electrons. The zero-order chi connectivity index (χ0) is 22.9. The first-order chi connectivity index (χ1) is 16.1. The van der Waals surface area contributed by atoms with Crippen molar-refractivity contribution in [1.82, 2.24) is 5.32 Å². The average molecular weight is 454 g/mol. The van der Waals surface area contributed by atoms with Crippen LogP contribution in [-0.4, -0.2) is 19.7 Å². The Kier molecular flexibility index (Phi) is 5.35. The van der Waals surface area contributed by atoms with Gasteiger partial charge in [0.1, 0.15) is 5.37 Å². The Balaban J connectivity index is 1.80. The van der Waals surface area contributed by atoms with Gasteiger partial charge in [-0.3, -0.25) is 4.79 Å². The van der Waals surface area contributed by atoms with Crippen molar-refractivity contribution in [1.29, 1.82) is 0 Å². The highest BCUT2D eigenvalue weighted by Crippen LogP contribution is 2.50. The second kappa shape index (κ2) is 8.34. The highest BCUT2D eigenvalue weighted by Gasteiger charge is 2.60. The molecular formula is C28H23NO3S. The maximum Gasteiger partial charge on any atom is 0.228 e. The van der Waals surface area contributed by atoms with Gasteiger partial charge >= 0.3 is 0 Å². The van der Waals surface area contributed by atoms with Gasteiger partial charge in [0.25, 0.3) is 0 Å². The normalized spacial score (nSPS) is 18.2. The molecule has 5 heteroatoms. The topological polar surface area (TPSA) is 63.2 Å². The third-order valence-corrected chi connectivity index (χ3v) is 8.42. The van der Waals surface area contributed by atoms with E-state index in [0.717, 1.165) is 16.7 Å². The molecule has 0 aromatic heterocycles. The van der Waals surface area contributed by atoms with Crippen LogP contribution >= 0.6 is 0 Å². The zero-order valence-corrected chi connectivity index (χ0v) is 18.7. The van der Waals surface area contributed by atoms with Crippen LogP contribution < -0.4 is 5.32 Å². The van der Waals surface area contributed by atoms with Crippen LogP contribution in [0, 0.1) is 5.92 Å². The van der Waals surface area contributed by atoms with Crippen LogP contribution in [0.2, 0.25) is 0 Å². The van der Waals surface area contributed by atoms with Crippen molar-refractivity contribution < 1.29 is 13.2 Å². The van der Waals surface area contributed by atoms with Crippen molar-refractivity contribution in [2.45, 2.75) is 15.7 Å². The second-order valence-corrected chi connectivity index (χ2v) is 10.2. The van der Waals surface area contributed by atoms with Gasteiger partial charge in [0, 0.05) is 0 Å². The summed E-state index contributed by atoms with van der Waals surface area (Å²) in [5, 5.41) is 1.66. The van der Waals surface area contributed by atoms with E-state index in [2.05, 4.69) is 5.32 Å². The highest BCUT2D eigenvalue weighted by molar-refractivity contribution is 7.92. The van der Waals surface area contributed by atoms with Gasteiger partial charge in [-0.05, 0) is 28.8 Å². The van der Waals surface area contributed by atoms with Crippen molar-refractivity contribution in [2.24, 2.45) is 5.92 Å². The molecule has 2 atom stereocenters. The maximum atomic E-state index is 13.7. The molecule has 33 heavy (non-hydrogen) atoms. The Morgan fingerprint density at radius 3 is 1.30 bits per heavy atom. The molecule has 1 N–H and O–H groups in total. The number of carbonyl (C=O) groups excluding carboxylic acids is 1. The number of β-lactam (4-membered cyclic amide) rings is 1. The maximum absolute atomic E-state index is 13.7. The molecule has 0 saturated carbocycles. The number of amides is 1. The number of nitrogens with one attached hydrogen (secondary N) is 1. The molecule has 1 heterocycles. The molecule has 1 fully saturated rings. The third-order valence-electron chi connectivity index (χ3n) is 6.43. The van der Waals surface area contributed by atoms with E-state index in [4.69, 9.17) is 0 Å². The fourth-order valence-electron chi connectivity index (χ4n) is 4.93. The summed E-state index contributed by atoms with van der Waals surface area (Å²) in [4.78, 5) is 13.5. The van der Waals surface area contributed by atoms with E-state index in [1.54, 1.807) is 30.3 Å². The summed E-state index contributed by atoms with van der Waals surface area (Å²) in [6.07, 6.45) is 0. The van der Waals surface area contributed by atoms with E-state index in [0.29, 0.717) is 0 Å². The molecular weight excluding hydrogens is 430 g/mol. The number of hydrogen-bond donors (Lipinski definition) is 1. The lowest BCUT2D eigenvalue weighted by molar-refractivity contribution is -0.134. The lowest BCUT2D eigenvalue weighted by Crippen LogP contribution is -2.68. The molecule has 0 spiro atoms. The van der Waals surface area contributed by atoms with Crippen LogP contribution in [0.3, 0.4) is 0 Å². The fraction of sp³-hybridized carbons (Fsp3) is 0.107. The number of hydrogen-bond acceptors (Lipinski definition) is 3. The smallest absolute Gasteiger partial charge is 0.228 e. The SMILES string of the molecule is O=C1NC(S(=O)(=O)c2ccccc2)C1C(c1ccccc1)(c1ccccc1)c1ccccc1. The Labute approximate surface area is 193 Å². The van der Waals surface area contributed by atoms with Gasteiger partial charge in [-0.25, -0.2) is 8.42 Å². The van der Waals surface area contributed by atoms with E-state index < -0.39 is 26.5 Å². The Morgan fingerprint density at radius 1 is 0.576 bits per heavy atom. The van der Waals surface area contributed by atoms with Gasteiger partial charge in [-0.15, -0.1) is 0 Å². The summed E-state index contributed by atoms with van der Waals surface area (Å²) in [5.41, 5.74) is 1.63. The predicted octanol–water partition coefficient (Wildman–Crippen LogP) is 4.57. The Hall–Kier alpha value is -3.70. The molecule has 1 aliphatic heterocycles. The molecule has 4 aromatic carbocycles. The molecule has 1 aliphatic rings. The van der Waals surface area contributed by atoms with Crippen LogP contribution in [0.5, 0.6) is 0 Å². The molecule has 0 aliphatic carbocycles. The minimum atomic E-state index is -3.82. The first-order valence-corrected chi connectivity index (χ1v) is 12.4. The van der Waals surface area contributed by atoms with E-state index in [-0.39, 0.29) is 10.8 Å². The van der Waals surface area contributed by atoms with Crippen molar-refractivity contribution in [3.05, 3.63) is 138 Å². The average Bonchev–Trinajstić information content (AvgIpc) is 2.87. The first-order valence-electron chi connectivity index (χ1n) is 10.8. The minimum Gasteiger partial charge on any atom is -0.338 e. The van der Waals surface area contributed by atoms with Crippen molar-refractivity contribution in [2.75, 3.05) is 0 Å². The van der Waals surface area contributed by atoms with E-state index in [9.17, 15) is 13.2 Å².